The van der Waals surface area contributed by atoms with Gasteiger partial charge < -0.3 is 9.64 Å². The quantitative estimate of drug-likeness (QED) is 0.723. The Bertz CT molecular complexity index is 781. The van der Waals surface area contributed by atoms with Crippen LogP contribution in [-0.2, 0) is 16.1 Å². The van der Waals surface area contributed by atoms with Crippen LogP contribution in [0.3, 0.4) is 0 Å². The van der Waals surface area contributed by atoms with Crippen LogP contribution in [0.1, 0.15) is 28.8 Å². The number of halogens is 2. The Kier molecular flexibility index (Phi) is 5.48. The number of hydrogen-bond donors (Lipinski definition) is 0. The Morgan fingerprint density at radius 2 is 1.96 bits per heavy atom. The van der Waals surface area contributed by atoms with Gasteiger partial charge in [-0.3, -0.25) is 4.79 Å². The van der Waals surface area contributed by atoms with Crippen molar-refractivity contribution in [1.29, 1.82) is 0 Å². The molecule has 0 bridgehead atoms. The predicted octanol–water partition coefficient (Wildman–Crippen LogP) is 3.94. The average molecular weight is 406 g/mol. The van der Waals surface area contributed by atoms with Crippen molar-refractivity contribution in [2.24, 2.45) is 0 Å². The molecule has 3 rings (SSSR count). The third-order valence-electron chi connectivity index (χ3n) is 4.18. The van der Waals surface area contributed by atoms with Gasteiger partial charge in [0.25, 0.3) is 5.91 Å². The number of carbonyl (C=O) groups is 2. The summed E-state index contributed by atoms with van der Waals surface area (Å²) in [5.41, 5.74) is 0.835. The summed E-state index contributed by atoms with van der Waals surface area (Å²) in [6, 6.07) is 12.7. The Hall–Kier alpha value is -2.21. The molecule has 0 aliphatic carbocycles. The highest BCUT2D eigenvalue weighted by Crippen LogP contribution is 2.22. The number of hydrogen-bond acceptors (Lipinski definition) is 3. The smallest absolute Gasteiger partial charge is 0.329 e. The van der Waals surface area contributed by atoms with Gasteiger partial charge in [0.2, 0.25) is 0 Å². The van der Waals surface area contributed by atoms with E-state index in [9.17, 15) is 14.0 Å². The number of carbonyl (C=O) groups excluding carboxylic acids is 2. The lowest BCUT2D eigenvalue weighted by atomic mass is 10.1. The summed E-state index contributed by atoms with van der Waals surface area (Å²) in [7, 11) is 0. The van der Waals surface area contributed by atoms with Gasteiger partial charge in [-0.25, -0.2) is 9.18 Å². The molecule has 0 spiro atoms. The van der Waals surface area contributed by atoms with Gasteiger partial charge in [0.15, 0.2) is 0 Å². The minimum Gasteiger partial charge on any atom is -0.459 e. The van der Waals surface area contributed by atoms with Gasteiger partial charge in [-0.15, -0.1) is 0 Å². The zero-order chi connectivity index (χ0) is 17.8. The van der Waals surface area contributed by atoms with Gasteiger partial charge in [0.05, 0.1) is 0 Å². The normalized spacial score (nSPS) is 16.7. The predicted molar refractivity (Wildman–Crippen MR) is 94.4 cm³/mol. The number of benzene rings is 2. The average Bonchev–Trinajstić information content (AvgIpc) is 3.12. The molecule has 1 heterocycles. The molecule has 2 aromatic rings. The zero-order valence-electron chi connectivity index (χ0n) is 13.5. The van der Waals surface area contributed by atoms with Crippen LogP contribution in [0.4, 0.5) is 4.39 Å². The summed E-state index contributed by atoms with van der Waals surface area (Å²) >= 11 is 3.26. The van der Waals surface area contributed by atoms with E-state index in [1.807, 2.05) is 6.07 Å². The topological polar surface area (TPSA) is 46.6 Å². The molecule has 1 saturated heterocycles. The molecule has 130 valence electrons. The standard InChI is InChI=1S/C19H17BrFNO3/c20-15-8-9-16(21)14(11-15)12-25-19(24)17-7-4-10-22(17)18(23)13-5-2-1-3-6-13/h1-3,5-6,8-9,11,17H,4,7,10,12H2/t17-/m1/s1. The first-order valence-corrected chi connectivity index (χ1v) is 8.82. The van der Waals surface area contributed by atoms with Crippen molar-refractivity contribution in [3.63, 3.8) is 0 Å². The van der Waals surface area contributed by atoms with Gasteiger partial charge in [-0.05, 0) is 43.2 Å². The van der Waals surface area contributed by atoms with Crippen LogP contribution in [0.2, 0.25) is 0 Å². The number of likely N-dealkylation sites (tertiary alicyclic amines) is 1. The van der Waals surface area contributed by atoms with Crippen LogP contribution in [0.25, 0.3) is 0 Å². The summed E-state index contributed by atoms with van der Waals surface area (Å²) in [6.07, 6.45) is 1.29. The minimum absolute atomic E-state index is 0.159. The Morgan fingerprint density at radius 1 is 1.20 bits per heavy atom. The molecule has 0 N–H and O–H groups in total. The van der Waals surface area contributed by atoms with Gasteiger partial charge in [-0.1, -0.05) is 34.1 Å². The van der Waals surface area contributed by atoms with Crippen LogP contribution in [-0.4, -0.2) is 29.4 Å². The highest BCUT2D eigenvalue weighted by molar-refractivity contribution is 9.10. The van der Waals surface area contributed by atoms with Crippen molar-refractivity contribution in [2.75, 3.05) is 6.54 Å². The monoisotopic (exact) mass is 405 g/mol. The number of amides is 1. The highest BCUT2D eigenvalue weighted by atomic mass is 79.9. The second-order valence-electron chi connectivity index (χ2n) is 5.87. The molecule has 4 nitrogen and oxygen atoms in total. The first-order valence-electron chi connectivity index (χ1n) is 8.03. The third-order valence-corrected chi connectivity index (χ3v) is 4.68. The molecule has 1 aliphatic heterocycles. The lowest BCUT2D eigenvalue weighted by molar-refractivity contribution is -0.149. The van der Waals surface area contributed by atoms with Gasteiger partial charge in [-0.2, -0.15) is 0 Å². The van der Waals surface area contributed by atoms with Crippen LogP contribution in [0.5, 0.6) is 0 Å². The minimum atomic E-state index is -0.622. The maximum atomic E-state index is 13.7. The van der Waals surface area contributed by atoms with Crippen LogP contribution in [0.15, 0.2) is 53.0 Å². The number of rotatable bonds is 4. The van der Waals surface area contributed by atoms with Crippen molar-refractivity contribution in [3.05, 3.63) is 69.9 Å². The van der Waals surface area contributed by atoms with Crippen molar-refractivity contribution < 1.29 is 18.7 Å². The van der Waals surface area contributed by atoms with E-state index in [0.29, 0.717) is 28.6 Å². The van der Waals surface area contributed by atoms with Crippen LogP contribution < -0.4 is 0 Å². The van der Waals surface area contributed by atoms with Crippen LogP contribution in [0, 0.1) is 5.82 Å². The molecule has 6 heteroatoms. The van der Waals surface area contributed by atoms with E-state index in [1.54, 1.807) is 36.4 Å². The Labute approximate surface area is 153 Å². The summed E-state index contributed by atoms with van der Waals surface area (Å²) in [4.78, 5) is 26.5. The zero-order valence-corrected chi connectivity index (χ0v) is 15.0. The fraction of sp³-hybridized carbons (Fsp3) is 0.263. The van der Waals surface area contributed by atoms with Crippen LogP contribution >= 0.6 is 15.9 Å². The fourth-order valence-electron chi connectivity index (χ4n) is 2.90. The van der Waals surface area contributed by atoms with Crippen molar-refractivity contribution in [2.45, 2.75) is 25.5 Å². The second-order valence-corrected chi connectivity index (χ2v) is 6.78. The largest absolute Gasteiger partial charge is 0.459 e. The first kappa shape index (κ1) is 17.6. The fourth-order valence-corrected chi connectivity index (χ4v) is 3.31. The van der Waals surface area contributed by atoms with E-state index >= 15 is 0 Å². The Balaban J connectivity index is 1.67. The molecular weight excluding hydrogens is 389 g/mol. The third kappa shape index (κ3) is 4.07. The van der Waals surface area contributed by atoms with Gasteiger partial charge >= 0.3 is 5.97 Å². The molecular formula is C19H17BrFNO3. The van der Waals surface area contributed by atoms with E-state index < -0.39 is 17.8 Å². The van der Waals surface area contributed by atoms with E-state index in [0.717, 1.165) is 6.42 Å². The van der Waals surface area contributed by atoms with Crippen molar-refractivity contribution in [3.8, 4) is 0 Å². The molecule has 0 radical (unpaired) electrons. The van der Waals surface area contributed by atoms with Crippen molar-refractivity contribution >= 4 is 27.8 Å². The van der Waals surface area contributed by atoms with E-state index in [4.69, 9.17) is 4.74 Å². The van der Waals surface area contributed by atoms with E-state index in [-0.39, 0.29) is 12.5 Å². The number of esters is 1. The van der Waals surface area contributed by atoms with E-state index in [2.05, 4.69) is 15.9 Å². The van der Waals surface area contributed by atoms with Crippen molar-refractivity contribution in [1.82, 2.24) is 4.90 Å². The molecule has 0 unspecified atom stereocenters. The van der Waals surface area contributed by atoms with E-state index in [1.165, 1.54) is 11.0 Å². The first-order chi connectivity index (χ1) is 12.1. The van der Waals surface area contributed by atoms with Gasteiger partial charge in [0, 0.05) is 22.1 Å². The molecule has 0 aromatic heterocycles. The molecule has 25 heavy (non-hydrogen) atoms. The molecule has 1 fully saturated rings. The number of nitrogens with zero attached hydrogens (tertiary/aromatic N) is 1. The molecule has 1 aliphatic rings. The molecule has 2 aromatic carbocycles. The van der Waals surface area contributed by atoms with Gasteiger partial charge in [0.1, 0.15) is 18.5 Å². The Morgan fingerprint density at radius 3 is 2.72 bits per heavy atom. The summed E-state index contributed by atoms with van der Waals surface area (Å²) in [5, 5.41) is 0. The second kappa shape index (κ2) is 7.78. The molecule has 1 amide bonds. The molecule has 0 saturated carbocycles. The summed E-state index contributed by atoms with van der Waals surface area (Å²) < 4.78 is 19.7. The summed E-state index contributed by atoms with van der Waals surface area (Å²) in [6.45, 7) is 0.354. The summed E-state index contributed by atoms with van der Waals surface area (Å²) in [5.74, 6) is -1.12. The number of ether oxygens (including phenoxy) is 1. The maximum Gasteiger partial charge on any atom is 0.329 e. The highest BCUT2D eigenvalue weighted by Gasteiger charge is 2.35. The SMILES string of the molecule is O=C(OCc1cc(Br)ccc1F)[C@H]1CCCN1C(=O)c1ccccc1. The lowest BCUT2D eigenvalue weighted by Crippen LogP contribution is -2.41. The molecule has 1 atom stereocenters. The lowest BCUT2D eigenvalue weighted by Gasteiger charge is -2.23. The maximum absolute atomic E-state index is 13.7.